The summed E-state index contributed by atoms with van der Waals surface area (Å²) in [7, 11) is 1.61. The van der Waals surface area contributed by atoms with Crippen molar-refractivity contribution >= 4 is 28.7 Å². The number of benzene rings is 1. The van der Waals surface area contributed by atoms with Crippen molar-refractivity contribution in [1.82, 2.24) is 15.0 Å². The SMILES string of the molecule is COc1cc2c3c(c1)nnn3C(=O)C(C)S2. The van der Waals surface area contributed by atoms with Crippen molar-refractivity contribution in [2.75, 3.05) is 7.11 Å². The summed E-state index contributed by atoms with van der Waals surface area (Å²) in [4.78, 5) is 12.8. The fourth-order valence-electron chi connectivity index (χ4n) is 1.77. The molecule has 0 fully saturated rings. The Morgan fingerprint density at radius 2 is 2.31 bits per heavy atom. The van der Waals surface area contributed by atoms with E-state index in [1.54, 1.807) is 13.2 Å². The van der Waals surface area contributed by atoms with Crippen LogP contribution >= 0.6 is 11.8 Å². The van der Waals surface area contributed by atoms with E-state index in [4.69, 9.17) is 4.74 Å². The first kappa shape index (κ1) is 9.65. The van der Waals surface area contributed by atoms with Crippen LogP contribution in [0, 0.1) is 0 Å². The topological polar surface area (TPSA) is 57.0 Å². The second-order valence-corrected chi connectivity index (χ2v) is 4.98. The fourth-order valence-corrected chi connectivity index (χ4v) is 2.84. The predicted molar refractivity (Wildman–Crippen MR) is 60.0 cm³/mol. The largest absolute Gasteiger partial charge is 0.497 e. The Morgan fingerprint density at radius 3 is 3.06 bits per heavy atom. The molecule has 0 spiro atoms. The molecule has 1 atom stereocenters. The molecule has 16 heavy (non-hydrogen) atoms. The average Bonchev–Trinajstić information content (AvgIpc) is 2.70. The predicted octanol–water partition coefficient (Wildman–Crippen LogP) is 1.57. The molecule has 0 N–H and O–H groups in total. The molecule has 1 aliphatic rings. The summed E-state index contributed by atoms with van der Waals surface area (Å²) in [5, 5.41) is 7.73. The maximum Gasteiger partial charge on any atom is 0.262 e. The van der Waals surface area contributed by atoms with Crippen LogP contribution < -0.4 is 4.74 Å². The quantitative estimate of drug-likeness (QED) is 0.751. The maximum atomic E-state index is 11.8. The van der Waals surface area contributed by atoms with Gasteiger partial charge >= 0.3 is 0 Å². The van der Waals surface area contributed by atoms with Gasteiger partial charge in [0.2, 0.25) is 0 Å². The van der Waals surface area contributed by atoms with E-state index in [9.17, 15) is 4.79 Å². The number of carbonyl (C=O) groups is 1. The number of thioether (sulfide) groups is 1. The standard InChI is InChI=1S/C10H9N3O2S/c1-5-10(14)13-9-7(11-12-13)3-6(15-2)4-8(9)16-5/h3-5H,1-2H3. The summed E-state index contributed by atoms with van der Waals surface area (Å²) in [6.07, 6.45) is 0. The van der Waals surface area contributed by atoms with Crippen LogP contribution in [0.1, 0.15) is 11.7 Å². The van der Waals surface area contributed by atoms with Crippen LogP contribution in [0.4, 0.5) is 0 Å². The summed E-state index contributed by atoms with van der Waals surface area (Å²) >= 11 is 1.52. The first-order chi connectivity index (χ1) is 7.70. The minimum atomic E-state index is -0.135. The number of hydrogen-bond acceptors (Lipinski definition) is 5. The highest BCUT2D eigenvalue weighted by Gasteiger charge is 2.28. The molecule has 6 heteroatoms. The molecule has 1 aromatic carbocycles. The van der Waals surface area contributed by atoms with Crippen molar-refractivity contribution in [3.63, 3.8) is 0 Å². The third-order valence-electron chi connectivity index (χ3n) is 2.58. The molecule has 0 radical (unpaired) electrons. The zero-order valence-electron chi connectivity index (χ0n) is 8.80. The molecule has 3 rings (SSSR count). The van der Waals surface area contributed by atoms with Gasteiger partial charge in [0.05, 0.1) is 12.4 Å². The number of methoxy groups -OCH3 is 1. The highest BCUT2D eigenvalue weighted by molar-refractivity contribution is 8.01. The average molecular weight is 235 g/mol. The van der Waals surface area contributed by atoms with E-state index in [0.717, 1.165) is 16.2 Å². The molecule has 0 amide bonds. The fraction of sp³-hybridized carbons (Fsp3) is 0.300. The lowest BCUT2D eigenvalue weighted by molar-refractivity contribution is 0.0900. The van der Waals surface area contributed by atoms with Gasteiger partial charge in [-0.25, -0.2) is 0 Å². The van der Waals surface area contributed by atoms with Gasteiger partial charge in [0.15, 0.2) is 0 Å². The van der Waals surface area contributed by atoms with Gasteiger partial charge in [-0.1, -0.05) is 5.21 Å². The molecule has 1 aromatic heterocycles. The van der Waals surface area contributed by atoms with E-state index in [0.29, 0.717) is 5.52 Å². The maximum absolute atomic E-state index is 11.8. The minimum absolute atomic E-state index is 0.0230. The van der Waals surface area contributed by atoms with Gasteiger partial charge < -0.3 is 4.74 Å². The number of carbonyl (C=O) groups excluding carboxylic acids is 1. The number of ether oxygens (including phenoxy) is 1. The molecule has 2 heterocycles. The van der Waals surface area contributed by atoms with Crippen molar-refractivity contribution in [3.8, 4) is 5.75 Å². The van der Waals surface area contributed by atoms with Crippen molar-refractivity contribution in [3.05, 3.63) is 12.1 Å². The van der Waals surface area contributed by atoms with Crippen molar-refractivity contribution in [2.45, 2.75) is 17.1 Å². The van der Waals surface area contributed by atoms with Crippen molar-refractivity contribution in [1.29, 1.82) is 0 Å². The molecule has 0 saturated heterocycles. The summed E-state index contributed by atoms with van der Waals surface area (Å²) in [6.45, 7) is 1.86. The smallest absolute Gasteiger partial charge is 0.262 e. The van der Waals surface area contributed by atoms with Gasteiger partial charge in [0, 0.05) is 11.0 Å². The van der Waals surface area contributed by atoms with Crippen molar-refractivity contribution in [2.24, 2.45) is 0 Å². The first-order valence-electron chi connectivity index (χ1n) is 4.85. The molecule has 5 nitrogen and oxygen atoms in total. The zero-order valence-corrected chi connectivity index (χ0v) is 9.61. The van der Waals surface area contributed by atoms with E-state index in [1.165, 1.54) is 16.4 Å². The number of rotatable bonds is 1. The molecule has 0 aliphatic carbocycles. The first-order valence-corrected chi connectivity index (χ1v) is 5.73. The van der Waals surface area contributed by atoms with Crippen molar-refractivity contribution < 1.29 is 9.53 Å². The lowest BCUT2D eigenvalue weighted by Crippen LogP contribution is -2.25. The van der Waals surface area contributed by atoms with Crippen LogP contribution in [0.5, 0.6) is 5.75 Å². The van der Waals surface area contributed by atoms with Gasteiger partial charge in [0.25, 0.3) is 5.91 Å². The summed E-state index contributed by atoms with van der Waals surface area (Å²) in [5.41, 5.74) is 1.48. The lowest BCUT2D eigenvalue weighted by atomic mass is 10.3. The van der Waals surface area contributed by atoms with Gasteiger partial charge in [-0.2, -0.15) is 4.68 Å². The lowest BCUT2D eigenvalue weighted by Gasteiger charge is -2.17. The molecule has 1 aliphatic heterocycles. The molecule has 82 valence electrons. The van der Waals surface area contributed by atoms with Crippen LogP contribution in [0.25, 0.3) is 11.0 Å². The van der Waals surface area contributed by atoms with E-state index in [1.807, 2.05) is 13.0 Å². The summed E-state index contributed by atoms with van der Waals surface area (Å²) < 4.78 is 6.57. The van der Waals surface area contributed by atoms with E-state index >= 15 is 0 Å². The van der Waals surface area contributed by atoms with Crippen LogP contribution in [0.2, 0.25) is 0 Å². The van der Waals surface area contributed by atoms with E-state index in [2.05, 4.69) is 10.3 Å². The highest BCUT2D eigenvalue weighted by atomic mass is 32.2. The summed E-state index contributed by atoms with van der Waals surface area (Å²) in [5.74, 6) is 0.716. The van der Waals surface area contributed by atoms with Crippen LogP contribution in [-0.4, -0.2) is 33.3 Å². The van der Waals surface area contributed by atoms with Gasteiger partial charge in [0.1, 0.15) is 16.8 Å². The third-order valence-corrected chi connectivity index (χ3v) is 3.70. The second kappa shape index (κ2) is 3.21. The molecule has 0 bridgehead atoms. The molecular weight excluding hydrogens is 226 g/mol. The monoisotopic (exact) mass is 235 g/mol. The van der Waals surface area contributed by atoms with Gasteiger partial charge in [-0.3, -0.25) is 4.79 Å². The number of aromatic nitrogens is 3. The normalized spacial score (nSPS) is 19.1. The van der Waals surface area contributed by atoms with Crippen LogP contribution in [0.3, 0.4) is 0 Å². The third kappa shape index (κ3) is 1.16. The van der Waals surface area contributed by atoms with E-state index < -0.39 is 0 Å². The highest BCUT2D eigenvalue weighted by Crippen LogP contribution is 2.37. The molecule has 1 unspecified atom stereocenters. The number of hydrogen-bond donors (Lipinski definition) is 0. The Morgan fingerprint density at radius 1 is 1.50 bits per heavy atom. The molecular formula is C10H9N3O2S. The summed E-state index contributed by atoms with van der Waals surface area (Å²) in [6, 6.07) is 3.70. The van der Waals surface area contributed by atoms with E-state index in [-0.39, 0.29) is 11.2 Å². The Kier molecular flexibility index (Phi) is 1.94. The Labute approximate surface area is 95.8 Å². The van der Waals surface area contributed by atoms with Gasteiger partial charge in [-0.05, 0) is 13.0 Å². The van der Waals surface area contributed by atoms with Crippen LogP contribution in [-0.2, 0) is 0 Å². The molecule has 0 saturated carbocycles. The molecule has 2 aromatic rings. The Balaban J connectivity index is 2.35. The zero-order chi connectivity index (χ0) is 11.3. The Bertz CT molecular complexity index is 593. The Hall–Kier alpha value is -1.56. The van der Waals surface area contributed by atoms with Crippen LogP contribution in [0.15, 0.2) is 17.0 Å². The number of nitrogens with zero attached hydrogens (tertiary/aromatic N) is 3. The van der Waals surface area contributed by atoms with Gasteiger partial charge in [-0.15, -0.1) is 16.9 Å². The second-order valence-electron chi connectivity index (χ2n) is 3.59. The minimum Gasteiger partial charge on any atom is -0.497 e.